The molecular weight excluding hydrogens is 291 g/mol. The van der Waals surface area contributed by atoms with E-state index in [1.54, 1.807) is 13.0 Å². The van der Waals surface area contributed by atoms with E-state index in [0.29, 0.717) is 11.1 Å². The maximum absolute atomic E-state index is 11.5. The zero-order valence-electron chi connectivity index (χ0n) is 12.5. The van der Waals surface area contributed by atoms with Gasteiger partial charge in [0.25, 0.3) is 0 Å². The van der Waals surface area contributed by atoms with E-state index < -0.39 is 10.1 Å². The average molecular weight is 304 g/mol. The fraction of sp³-hybridized carbons (Fsp3) is 0.0588. The van der Waals surface area contributed by atoms with E-state index in [4.69, 9.17) is 0 Å². The Kier molecular flexibility index (Phi) is 4.51. The summed E-state index contributed by atoms with van der Waals surface area (Å²) in [4.78, 5) is -0.210. The molecule has 0 spiro atoms. The fourth-order valence-electron chi connectivity index (χ4n) is 2.72. The van der Waals surface area contributed by atoms with E-state index >= 15 is 0 Å². The summed E-state index contributed by atoms with van der Waals surface area (Å²) in [6.45, 7) is 5.53. The van der Waals surface area contributed by atoms with E-state index in [1.807, 2.05) is 36.4 Å². The Hall–Kier alpha value is -1.57. The second-order valence-corrected chi connectivity index (χ2v) is 6.40. The van der Waals surface area contributed by atoms with E-state index in [-0.39, 0.29) is 23.8 Å². The van der Waals surface area contributed by atoms with Gasteiger partial charge >= 0.3 is 18.9 Å². The maximum atomic E-state index is 11.5. The normalized spacial score (nSPS) is 11.4. The minimum Gasteiger partial charge on any atom is -0.744 e. The van der Waals surface area contributed by atoms with Crippen LogP contribution >= 0.6 is 0 Å². The van der Waals surface area contributed by atoms with Crippen LogP contribution in [-0.2, 0) is 10.1 Å². The summed E-state index contributed by atoms with van der Waals surface area (Å²) in [5.74, 6) is 0. The molecule has 3 aromatic rings. The smallest absolute Gasteiger partial charge is 0.744 e. The van der Waals surface area contributed by atoms with E-state index in [9.17, 15) is 13.0 Å². The molecule has 0 bridgehead atoms. The molecule has 0 aliphatic rings. The molecule has 3 aromatic carbocycles. The van der Waals surface area contributed by atoms with Gasteiger partial charge in [-0.05, 0) is 40.1 Å². The Bertz CT molecular complexity index is 991. The fourth-order valence-corrected chi connectivity index (χ4v) is 3.49. The van der Waals surface area contributed by atoms with Crippen LogP contribution < -0.4 is 18.9 Å². The number of benzene rings is 3. The van der Waals surface area contributed by atoms with Crippen molar-refractivity contribution < 1.29 is 31.8 Å². The second-order valence-electron chi connectivity index (χ2n) is 5.05. The zero-order chi connectivity index (χ0) is 15.2. The molecule has 0 fully saturated rings. The van der Waals surface area contributed by atoms with Gasteiger partial charge in [-0.1, -0.05) is 49.0 Å². The summed E-state index contributed by atoms with van der Waals surface area (Å²) >= 11 is 0. The van der Waals surface area contributed by atoms with Gasteiger partial charge in [0.2, 0.25) is 0 Å². The van der Waals surface area contributed by atoms with Crippen molar-refractivity contribution >= 4 is 37.2 Å². The molecule has 5 heteroatoms. The zero-order valence-corrected chi connectivity index (χ0v) is 13.3. The number of hydrogen-bond acceptors (Lipinski definition) is 3. The molecule has 3 nitrogen and oxygen atoms in total. The van der Waals surface area contributed by atoms with Crippen molar-refractivity contribution in [2.75, 3.05) is 0 Å². The first kappa shape index (κ1) is 16.8. The van der Waals surface area contributed by atoms with Crippen LogP contribution in [0.3, 0.4) is 0 Å². The van der Waals surface area contributed by atoms with Crippen molar-refractivity contribution in [1.82, 2.24) is 0 Å². The number of fused-ring (bicyclic) bond motifs is 3. The molecule has 0 aliphatic carbocycles. The van der Waals surface area contributed by atoms with Gasteiger partial charge in [-0.2, -0.15) is 0 Å². The second kappa shape index (κ2) is 5.90. The molecule has 0 amide bonds. The van der Waals surface area contributed by atoms with Crippen LogP contribution in [0.2, 0.25) is 0 Å². The van der Waals surface area contributed by atoms with Crippen LogP contribution in [0, 0.1) is 0 Å². The van der Waals surface area contributed by atoms with Crippen LogP contribution in [0.25, 0.3) is 27.1 Å². The predicted octanol–water partition coefficient (Wildman–Crippen LogP) is 0.934. The first-order chi connectivity index (χ1) is 9.89. The average Bonchev–Trinajstić information content (AvgIpc) is 2.44. The van der Waals surface area contributed by atoms with Crippen LogP contribution in [0.15, 0.2) is 60.0 Å². The molecule has 3 rings (SSSR count). The van der Waals surface area contributed by atoms with Crippen molar-refractivity contribution in [3.8, 4) is 0 Å². The Balaban J connectivity index is 0.00000176. The number of rotatable bonds is 2. The summed E-state index contributed by atoms with van der Waals surface area (Å²) in [5, 5.41) is 3.74. The SMILES string of the molecule is C=C(C)c1c(S(=O)(=O)[O-])ccc2c1ccc1ccccc12.[Li+]. The first-order valence-electron chi connectivity index (χ1n) is 6.46. The molecule has 0 saturated heterocycles. The Morgan fingerprint density at radius 1 is 0.955 bits per heavy atom. The molecule has 0 unspecified atom stereocenters. The minimum atomic E-state index is -4.53. The van der Waals surface area contributed by atoms with Gasteiger partial charge in [-0.3, -0.25) is 0 Å². The molecule has 0 heterocycles. The van der Waals surface area contributed by atoms with Gasteiger partial charge in [0.1, 0.15) is 10.1 Å². The Labute approximate surface area is 141 Å². The number of allylic oxidation sites excluding steroid dienone is 1. The minimum absolute atomic E-state index is 0. The van der Waals surface area contributed by atoms with Crippen molar-refractivity contribution in [3.05, 3.63) is 60.7 Å². The van der Waals surface area contributed by atoms with Gasteiger partial charge < -0.3 is 4.55 Å². The van der Waals surface area contributed by atoms with Crippen LogP contribution in [-0.4, -0.2) is 13.0 Å². The maximum Gasteiger partial charge on any atom is 1.00 e. The summed E-state index contributed by atoms with van der Waals surface area (Å²) in [6, 6.07) is 14.7. The van der Waals surface area contributed by atoms with Gasteiger partial charge in [0, 0.05) is 5.56 Å². The molecule has 0 radical (unpaired) electrons. The van der Waals surface area contributed by atoms with Crippen molar-refractivity contribution in [2.45, 2.75) is 11.8 Å². The monoisotopic (exact) mass is 304 g/mol. The topological polar surface area (TPSA) is 57.2 Å². The molecule has 106 valence electrons. The van der Waals surface area contributed by atoms with Crippen molar-refractivity contribution in [2.24, 2.45) is 0 Å². The molecule has 0 saturated carbocycles. The van der Waals surface area contributed by atoms with Crippen LogP contribution in [0.1, 0.15) is 12.5 Å². The molecule has 0 aliphatic heterocycles. The van der Waals surface area contributed by atoms with Gasteiger partial charge in [-0.15, -0.1) is 0 Å². The van der Waals surface area contributed by atoms with Crippen molar-refractivity contribution in [1.29, 1.82) is 0 Å². The molecular formula is C17H13LiO3S. The quantitative estimate of drug-likeness (QED) is 0.402. The van der Waals surface area contributed by atoms with Crippen LogP contribution in [0.4, 0.5) is 0 Å². The third kappa shape index (κ3) is 2.71. The third-order valence-electron chi connectivity index (χ3n) is 3.58. The van der Waals surface area contributed by atoms with Gasteiger partial charge in [0.15, 0.2) is 0 Å². The third-order valence-corrected chi connectivity index (χ3v) is 4.46. The summed E-state index contributed by atoms with van der Waals surface area (Å²) in [7, 11) is -4.53. The Morgan fingerprint density at radius 3 is 2.23 bits per heavy atom. The Morgan fingerprint density at radius 2 is 1.59 bits per heavy atom. The van der Waals surface area contributed by atoms with Gasteiger partial charge in [-0.25, -0.2) is 8.42 Å². The predicted molar refractivity (Wildman–Crippen MR) is 84.1 cm³/mol. The largest absolute Gasteiger partial charge is 1.00 e. The van der Waals surface area contributed by atoms with Crippen LogP contribution in [0.5, 0.6) is 0 Å². The standard InChI is InChI=1S/C17H14O3S.Li/c1-11(2)17-15-8-7-12-5-3-4-6-13(12)14(15)9-10-16(17)21(18,19)20;/h3-10H,1H2,2H3,(H,18,19,20);/q;+1/p-1. The number of hydrogen-bond donors (Lipinski definition) is 0. The van der Waals surface area contributed by atoms with E-state index in [2.05, 4.69) is 6.58 Å². The summed E-state index contributed by atoms with van der Waals surface area (Å²) < 4.78 is 34.4. The molecule has 0 N–H and O–H groups in total. The first-order valence-corrected chi connectivity index (χ1v) is 7.86. The van der Waals surface area contributed by atoms with E-state index in [0.717, 1.165) is 21.5 Å². The molecule has 0 atom stereocenters. The van der Waals surface area contributed by atoms with Crippen molar-refractivity contribution in [3.63, 3.8) is 0 Å². The summed E-state index contributed by atoms with van der Waals surface area (Å²) in [5.41, 5.74) is 0.971. The summed E-state index contributed by atoms with van der Waals surface area (Å²) in [6.07, 6.45) is 0. The van der Waals surface area contributed by atoms with Gasteiger partial charge in [0.05, 0.1) is 4.90 Å². The molecule has 0 aromatic heterocycles. The van der Waals surface area contributed by atoms with E-state index in [1.165, 1.54) is 6.07 Å². The molecule has 22 heavy (non-hydrogen) atoms.